The Kier molecular flexibility index (Phi) is 2.18. The molecule has 0 amide bonds. The summed E-state index contributed by atoms with van der Waals surface area (Å²) in [6.07, 6.45) is 3.40. The molecule has 1 aromatic rings. The number of ether oxygens (including phenoxy) is 1. The molecule has 3 heteroatoms. The largest absolute Gasteiger partial charge is 0.477 e. The fourth-order valence-electron chi connectivity index (χ4n) is 2.92. The lowest BCUT2D eigenvalue weighted by atomic mass is 9.90. The van der Waals surface area contributed by atoms with E-state index < -0.39 is 0 Å². The van der Waals surface area contributed by atoms with Crippen molar-refractivity contribution >= 4 is 0 Å². The molecule has 2 atom stereocenters. The predicted molar refractivity (Wildman–Crippen MR) is 60.4 cm³/mol. The van der Waals surface area contributed by atoms with Crippen molar-refractivity contribution in [2.24, 2.45) is 11.8 Å². The van der Waals surface area contributed by atoms with Crippen LogP contribution in [-0.4, -0.2) is 16.7 Å². The van der Waals surface area contributed by atoms with Crippen molar-refractivity contribution in [2.45, 2.75) is 32.8 Å². The third-order valence-electron chi connectivity index (χ3n) is 3.87. The second-order valence-electron chi connectivity index (χ2n) is 5.14. The van der Waals surface area contributed by atoms with E-state index >= 15 is 0 Å². The molecule has 3 nitrogen and oxygen atoms in total. The van der Waals surface area contributed by atoms with Gasteiger partial charge >= 0.3 is 0 Å². The number of nitrogens with zero attached hydrogens (tertiary/aromatic N) is 1. The molecular weight excluding hydrogens is 202 g/mol. The summed E-state index contributed by atoms with van der Waals surface area (Å²) in [5.41, 5.74) is 3.48. The van der Waals surface area contributed by atoms with Crippen LogP contribution >= 0.6 is 0 Å². The second-order valence-corrected chi connectivity index (χ2v) is 5.14. The third kappa shape index (κ3) is 1.27. The van der Waals surface area contributed by atoms with Crippen molar-refractivity contribution in [3.63, 3.8) is 0 Å². The van der Waals surface area contributed by atoms with Gasteiger partial charge in [-0.25, -0.2) is 4.98 Å². The molecule has 0 bridgehead atoms. The van der Waals surface area contributed by atoms with E-state index in [4.69, 9.17) is 4.74 Å². The van der Waals surface area contributed by atoms with E-state index in [9.17, 15) is 5.11 Å². The summed E-state index contributed by atoms with van der Waals surface area (Å²) < 4.78 is 5.45. The molecule has 0 saturated heterocycles. The van der Waals surface area contributed by atoms with Gasteiger partial charge in [0.05, 0.1) is 12.7 Å². The highest BCUT2D eigenvalue weighted by Gasteiger charge is 2.37. The highest BCUT2D eigenvalue weighted by atomic mass is 16.5. The summed E-state index contributed by atoms with van der Waals surface area (Å²) in [4.78, 5) is 4.33. The fraction of sp³-hybridized carbons (Fsp3) is 0.615. The van der Waals surface area contributed by atoms with E-state index in [0.717, 1.165) is 29.8 Å². The van der Waals surface area contributed by atoms with Gasteiger partial charge in [-0.3, -0.25) is 0 Å². The van der Waals surface area contributed by atoms with Crippen molar-refractivity contribution in [1.29, 1.82) is 0 Å². The Labute approximate surface area is 95.5 Å². The van der Waals surface area contributed by atoms with Crippen LogP contribution in [0.4, 0.5) is 0 Å². The molecule has 3 rings (SSSR count). The van der Waals surface area contributed by atoms with Crippen molar-refractivity contribution < 1.29 is 9.84 Å². The van der Waals surface area contributed by atoms with Crippen molar-refractivity contribution in [2.75, 3.05) is 6.61 Å². The average molecular weight is 219 g/mol. The molecule has 0 aromatic carbocycles. The topological polar surface area (TPSA) is 42.4 Å². The number of pyridine rings is 1. The van der Waals surface area contributed by atoms with Crippen LogP contribution in [0.25, 0.3) is 0 Å². The number of rotatable bonds is 1. The summed E-state index contributed by atoms with van der Waals surface area (Å²) in [7, 11) is 0. The van der Waals surface area contributed by atoms with E-state index in [2.05, 4.69) is 18.8 Å². The van der Waals surface area contributed by atoms with E-state index in [1.807, 2.05) is 6.20 Å². The highest BCUT2D eigenvalue weighted by Crippen LogP contribution is 2.44. The first kappa shape index (κ1) is 10.1. The summed E-state index contributed by atoms with van der Waals surface area (Å²) in [6.45, 7) is 5.05. The van der Waals surface area contributed by atoms with Gasteiger partial charge in [0.25, 0.3) is 0 Å². The van der Waals surface area contributed by atoms with Crippen LogP contribution in [0.5, 0.6) is 5.88 Å². The van der Waals surface area contributed by atoms with Crippen LogP contribution in [0, 0.1) is 11.8 Å². The molecule has 0 saturated carbocycles. The van der Waals surface area contributed by atoms with Crippen molar-refractivity contribution in [1.82, 2.24) is 4.98 Å². The molecule has 2 heterocycles. The molecule has 1 aromatic heterocycles. The first-order valence-corrected chi connectivity index (χ1v) is 6.00. The lowest BCUT2D eigenvalue weighted by molar-refractivity contribution is 0.0963. The average Bonchev–Trinajstić information content (AvgIpc) is 2.81. The van der Waals surface area contributed by atoms with Crippen LogP contribution in [-0.2, 0) is 12.8 Å². The van der Waals surface area contributed by atoms with Gasteiger partial charge in [0.2, 0.25) is 5.88 Å². The molecule has 2 unspecified atom stereocenters. The van der Waals surface area contributed by atoms with Gasteiger partial charge in [0, 0.05) is 18.2 Å². The molecule has 2 aliphatic rings. The number of aromatic nitrogens is 1. The molecule has 16 heavy (non-hydrogen) atoms. The van der Waals surface area contributed by atoms with Crippen LogP contribution in [0.1, 0.15) is 36.6 Å². The Hall–Kier alpha value is -1.09. The molecule has 0 spiro atoms. The van der Waals surface area contributed by atoms with E-state index in [0.29, 0.717) is 18.4 Å². The zero-order chi connectivity index (χ0) is 11.3. The highest BCUT2D eigenvalue weighted by molar-refractivity contribution is 5.46. The first-order chi connectivity index (χ1) is 7.68. The Bertz CT molecular complexity index is 428. The third-order valence-corrected chi connectivity index (χ3v) is 3.87. The summed E-state index contributed by atoms with van der Waals surface area (Å²) in [6, 6.07) is 0. The van der Waals surface area contributed by atoms with Gasteiger partial charge in [0.1, 0.15) is 0 Å². The quantitative estimate of drug-likeness (QED) is 0.784. The maximum atomic E-state index is 10.4. The minimum absolute atomic E-state index is 0.326. The minimum atomic E-state index is -0.326. The van der Waals surface area contributed by atoms with Crippen LogP contribution in [0.2, 0.25) is 0 Å². The maximum Gasteiger partial charge on any atom is 0.217 e. The van der Waals surface area contributed by atoms with Gasteiger partial charge in [-0.1, -0.05) is 13.8 Å². The fourth-order valence-corrected chi connectivity index (χ4v) is 2.92. The first-order valence-electron chi connectivity index (χ1n) is 6.00. The molecular formula is C13H17NO2. The maximum absolute atomic E-state index is 10.4. The van der Waals surface area contributed by atoms with Crippen LogP contribution in [0.15, 0.2) is 6.20 Å². The normalized spacial score (nSPS) is 26.8. The summed E-state index contributed by atoms with van der Waals surface area (Å²) in [5, 5.41) is 10.4. The number of fused-ring (bicyclic) bond motifs is 3. The molecule has 1 aliphatic heterocycles. The van der Waals surface area contributed by atoms with Gasteiger partial charge in [-0.05, 0) is 29.4 Å². The molecule has 1 N–H and O–H groups in total. The van der Waals surface area contributed by atoms with Gasteiger partial charge in [-0.15, -0.1) is 0 Å². The summed E-state index contributed by atoms with van der Waals surface area (Å²) >= 11 is 0. The zero-order valence-corrected chi connectivity index (χ0v) is 9.73. The number of hydrogen-bond acceptors (Lipinski definition) is 3. The molecule has 86 valence electrons. The van der Waals surface area contributed by atoms with Crippen LogP contribution < -0.4 is 4.74 Å². The zero-order valence-electron chi connectivity index (χ0n) is 9.73. The summed E-state index contributed by atoms with van der Waals surface area (Å²) in [5.74, 6) is 1.58. The Morgan fingerprint density at radius 1 is 1.50 bits per heavy atom. The Balaban J connectivity index is 2.07. The number of aliphatic hydroxyl groups excluding tert-OH is 1. The SMILES string of the molecule is CC(C)C1Cc2cnc3c(c2C1O)CCO3. The standard InChI is InChI=1S/C13H17NO2/c1-7(2)10-5-8-6-14-13-9(3-4-16-13)11(8)12(10)15/h6-7,10,12,15H,3-5H2,1-2H3. The molecule has 0 radical (unpaired) electrons. The lowest BCUT2D eigenvalue weighted by Gasteiger charge is -2.19. The Morgan fingerprint density at radius 2 is 2.31 bits per heavy atom. The van der Waals surface area contributed by atoms with E-state index in [-0.39, 0.29) is 6.10 Å². The minimum Gasteiger partial charge on any atom is -0.477 e. The van der Waals surface area contributed by atoms with Crippen molar-refractivity contribution in [3.8, 4) is 5.88 Å². The van der Waals surface area contributed by atoms with Gasteiger partial charge in [-0.2, -0.15) is 0 Å². The molecule has 0 fully saturated rings. The number of hydrogen-bond donors (Lipinski definition) is 1. The van der Waals surface area contributed by atoms with E-state index in [1.165, 1.54) is 5.56 Å². The smallest absolute Gasteiger partial charge is 0.217 e. The number of aliphatic hydroxyl groups is 1. The Morgan fingerprint density at radius 3 is 3.06 bits per heavy atom. The van der Waals surface area contributed by atoms with Gasteiger partial charge < -0.3 is 9.84 Å². The molecule has 1 aliphatic carbocycles. The van der Waals surface area contributed by atoms with E-state index in [1.54, 1.807) is 0 Å². The van der Waals surface area contributed by atoms with Crippen LogP contribution in [0.3, 0.4) is 0 Å². The lowest BCUT2D eigenvalue weighted by Crippen LogP contribution is -2.14. The van der Waals surface area contributed by atoms with Gasteiger partial charge in [0.15, 0.2) is 0 Å². The second kappa shape index (κ2) is 3.45. The predicted octanol–water partition coefficient (Wildman–Crippen LogP) is 1.88. The monoisotopic (exact) mass is 219 g/mol. The van der Waals surface area contributed by atoms with Crippen molar-refractivity contribution in [3.05, 3.63) is 22.9 Å².